The normalized spacial score (nSPS) is 16.8. The number of nitrogens with one attached hydrogen (secondary N) is 1. The Bertz CT molecular complexity index is 561. The Balaban J connectivity index is 1.80. The monoisotopic (exact) mass is 241 g/mol. The number of anilines is 1. The van der Waals surface area contributed by atoms with E-state index >= 15 is 0 Å². The highest BCUT2D eigenvalue weighted by atomic mass is 15.0. The molecule has 3 N–H and O–H groups in total. The highest BCUT2D eigenvalue weighted by molar-refractivity contribution is 5.81. The number of hydrogen-bond acceptors (Lipinski definition) is 3. The third kappa shape index (κ3) is 2.31. The van der Waals surface area contributed by atoms with E-state index in [0.717, 1.165) is 23.8 Å². The highest BCUT2D eigenvalue weighted by Crippen LogP contribution is 2.31. The summed E-state index contributed by atoms with van der Waals surface area (Å²) < 4.78 is 0. The first-order valence-electron chi connectivity index (χ1n) is 6.60. The molecule has 1 saturated carbocycles. The van der Waals surface area contributed by atoms with E-state index in [0.29, 0.717) is 0 Å². The van der Waals surface area contributed by atoms with Gasteiger partial charge in [-0.1, -0.05) is 18.2 Å². The first kappa shape index (κ1) is 11.5. The second-order valence-corrected chi connectivity index (χ2v) is 5.23. The Labute approximate surface area is 107 Å². The first-order chi connectivity index (χ1) is 8.74. The molecule has 0 aliphatic heterocycles. The fourth-order valence-electron chi connectivity index (χ4n) is 2.31. The third-order valence-electron chi connectivity index (χ3n) is 3.65. The molecule has 1 unspecified atom stereocenters. The summed E-state index contributed by atoms with van der Waals surface area (Å²) in [5.41, 5.74) is 8.31. The molecule has 3 nitrogen and oxygen atoms in total. The van der Waals surface area contributed by atoms with Crippen LogP contribution < -0.4 is 11.1 Å². The van der Waals surface area contributed by atoms with Gasteiger partial charge in [0.05, 0.1) is 5.52 Å². The van der Waals surface area contributed by atoms with Crippen LogP contribution in [0.1, 0.15) is 18.4 Å². The second kappa shape index (κ2) is 4.58. The van der Waals surface area contributed by atoms with Crippen LogP contribution in [-0.2, 0) is 0 Å². The van der Waals surface area contributed by atoms with Gasteiger partial charge in [0.25, 0.3) is 0 Å². The van der Waals surface area contributed by atoms with Gasteiger partial charge in [0.1, 0.15) is 5.82 Å². The summed E-state index contributed by atoms with van der Waals surface area (Å²) in [5, 5.41) is 4.58. The molecule has 3 heteroatoms. The van der Waals surface area contributed by atoms with E-state index < -0.39 is 0 Å². The fourth-order valence-corrected chi connectivity index (χ4v) is 2.31. The van der Waals surface area contributed by atoms with Gasteiger partial charge in [-0.2, -0.15) is 0 Å². The summed E-state index contributed by atoms with van der Waals surface area (Å²) in [6.07, 6.45) is 2.57. The van der Waals surface area contributed by atoms with Gasteiger partial charge in [0, 0.05) is 18.0 Å². The molecule has 1 aromatic heterocycles. The van der Waals surface area contributed by atoms with Crippen LogP contribution in [0.4, 0.5) is 5.82 Å². The van der Waals surface area contributed by atoms with Crippen molar-refractivity contribution in [2.75, 3.05) is 11.9 Å². The zero-order chi connectivity index (χ0) is 12.5. The molecule has 1 fully saturated rings. The molecule has 3 rings (SSSR count). The molecule has 1 aliphatic carbocycles. The zero-order valence-corrected chi connectivity index (χ0v) is 10.7. The SMILES string of the molecule is Cc1cc2ccccc2nc1NCC(N)C1CC1. The molecule has 18 heavy (non-hydrogen) atoms. The number of hydrogen-bond donors (Lipinski definition) is 2. The number of para-hydroxylation sites is 1. The fraction of sp³-hybridized carbons (Fsp3) is 0.400. The summed E-state index contributed by atoms with van der Waals surface area (Å²) in [7, 11) is 0. The zero-order valence-electron chi connectivity index (χ0n) is 10.7. The standard InChI is InChI=1S/C15H19N3/c1-10-8-12-4-2-3-5-14(12)18-15(10)17-9-13(16)11-6-7-11/h2-5,8,11,13H,6-7,9,16H2,1H3,(H,17,18). The van der Waals surface area contributed by atoms with Crippen molar-refractivity contribution in [3.8, 4) is 0 Å². The maximum atomic E-state index is 6.10. The highest BCUT2D eigenvalue weighted by Gasteiger charge is 2.28. The molecule has 0 bridgehead atoms. The number of rotatable bonds is 4. The molecule has 0 spiro atoms. The number of fused-ring (bicyclic) bond motifs is 1. The summed E-state index contributed by atoms with van der Waals surface area (Å²) >= 11 is 0. The largest absolute Gasteiger partial charge is 0.368 e. The number of aromatic nitrogens is 1. The molecule has 1 heterocycles. The van der Waals surface area contributed by atoms with Crippen molar-refractivity contribution in [1.82, 2.24) is 4.98 Å². The molecule has 0 amide bonds. The van der Waals surface area contributed by atoms with Crippen LogP contribution in [0, 0.1) is 12.8 Å². The minimum Gasteiger partial charge on any atom is -0.368 e. The van der Waals surface area contributed by atoms with Crippen LogP contribution in [0.3, 0.4) is 0 Å². The van der Waals surface area contributed by atoms with Crippen molar-refractivity contribution in [2.45, 2.75) is 25.8 Å². The van der Waals surface area contributed by atoms with E-state index in [1.165, 1.54) is 23.8 Å². The Morgan fingerprint density at radius 2 is 2.17 bits per heavy atom. The maximum absolute atomic E-state index is 6.10. The molecule has 0 saturated heterocycles. The quantitative estimate of drug-likeness (QED) is 0.865. The number of nitrogens with two attached hydrogens (primary N) is 1. The van der Waals surface area contributed by atoms with E-state index in [2.05, 4.69) is 29.4 Å². The van der Waals surface area contributed by atoms with Crippen molar-refractivity contribution in [1.29, 1.82) is 0 Å². The van der Waals surface area contributed by atoms with Crippen molar-refractivity contribution in [2.24, 2.45) is 11.7 Å². The van der Waals surface area contributed by atoms with Crippen LogP contribution >= 0.6 is 0 Å². The van der Waals surface area contributed by atoms with Gasteiger partial charge in [-0.05, 0) is 43.4 Å². The van der Waals surface area contributed by atoms with Crippen LogP contribution in [0.15, 0.2) is 30.3 Å². The lowest BCUT2D eigenvalue weighted by atomic mass is 10.1. The average molecular weight is 241 g/mol. The number of nitrogens with zero attached hydrogens (tertiary/aromatic N) is 1. The van der Waals surface area contributed by atoms with Gasteiger partial charge in [-0.15, -0.1) is 0 Å². The summed E-state index contributed by atoms with van der Waals surface area (Å²) in [6.45, 7) is 2.90. The smallest absolute Gasteiger partial charge is 0.129 e. The number of aryl methyl sites for hydroxylation is 1. The minimum absolute atomic E-state index is 0.262. The predicted molar refractivity (Wildman–Crippen MR) is 75.7 cm³/mol. The number of benzene rings is 1. The Kier molecular flexibility index (Phi) is 2.92. The van der Waals surface area contributed by atoms with E-state index in [1.807, 2.05) is 18.2 Å². The van der Waals surface area contributed by atoms with Crippen molar-refractivity contribution >= 4 is 16.7 Å². The van der Waals surface area contributed by atoms with Gasteiger partial charge in [0.2, 0.25) is 0 Å². The van der Waals surface area contributed by atoms with Crippen LogP contribution in [-0.4, -0.2) is 17.6 Å². The summed E-state index contributed by atoms with van der Waals surface area (Å²) in [5.74, 6) is 1.68. The Morgan fingerprint density at radius 1 is 1.39 bits per heavy atom. The average Bonchev–Trinajstić information content (AvgIpc) is 3.20. The topological polar surface area (TPSA) is 50.9 Å². The van der Waals surface area contributed by atoms with Gasteiger partial charge in [-0.3, -0.25) is 0 Å². The molecule has 1 aliphatic rings. The summed E-state index contributed by atoms with van der Waals surface area (Å²) in [4.78, 5) is 4.66. The molecule has 1 atom stereocenters. The van der Waals surface area contributed by atoms with E-state index in [9.17, 15) is 0 Å². The van der Waals surface area contributed by atoms with Crippen LogP contribution in [0.25, 0.3) is 10.9 Å². The second-order valence-electron chi connectivity index (χ2n) is 5.23. The first-order valence-corrected chi connectivity index (χ1v) is 6.60. The predicted octanol–water partition coefficient (Wildman–Crippen LogP) is 2.69. The van der Waals surface area contributed by atoms with Gasteiger partial charge >= 0.3 is 0 Å². The maximum Gasteiger partial charge on any atom is 0.129 e. The molecule has 94 valence electrons. The molecule has 1 aromatic carbocycles. The molecular weight excluding hydrogens is 222 g/mol. The van der Waals surface area contributed by atoms with Crippen molar-refractivity contribution in [3.05, 3.63) is 35.9 Å². The van der Waals surface area contributed by atoms with Crippen LogP contribution in [0.5, 0.6) is 0 Å². The summed E-state index contributed by atoms with van der Waals surface area (Å²) in [6, 6.07) is 10.6. The van der Waals surface area contributed by atoms with Gasteiger partial charge < -0.3 is 11.1 Å². The lowest BCUT2D eigenvalue weighted by Gasteiger charge is -2.14. The number of pyridine rings is 1. The van der Waals surface area contributed by atoms with Gasteiger partial charge in [-0.25, -0.2) is 4.98 Å². The lowest BCUT2D eigenvalue weighted by molar-refractivity contribution is 0.620. The Morgan fingerprint density at radius 3 is 2.94 bits per heavy atom. The molecular formula is C15H19N3. The minimum atomic E-state index is 0.262. The van der Waals surface area contributed by atoms with Gasteiger partial charge in [0.15, 0.2) is 0 Å². The van der Waals surface area contributed by atoms with E-state index in [4.69, 9.17) is 5.73 Å². The van der Waals surface area contributed by atoms with E-state index in [-0.39, 0.29) is 6.04 Å². The molecule has 0 radical (unpaired) electrons. The van der Waals surface area contributed by atoms with Crippen molar-refractivity contribution in [3.63, 3.8) is 0 Å². The lowest BCUT2D eigenvalue weighted by Crippen LogP contribution is -2.31. The third-order valence-corrected chi connectivity index (χ3v) is 3.65. The van der Waals surface area contributed by atoms with E-state index in [1.54, 1.807) is 0 Å². The molecule has 2 aromatic rings. The van der Waals surface area contributed by atoms with Crippen molar-refractivity contribution < 1.29 is 0 Å². The van der Waals surface area contributed by atoms with Crippen LogP contribution in [0.2, 0.25) is 0 Å². The Hall–Kier alpha value is -1.61.